The molecular formula is C36H33N7O6. The van der Waals surface area contributed by atoms with E-state index in [1.54, 1.807) is 47.6 Å². The second-order valence-electron chi connectivity index (χ2n) is 11.2. The molecule has 0 unspecified atom stereocenters. The maximum atomic E-state index is 13.6. The lowest BCUT2D eigenvalue weighted by Gasteiger charge is -2.17. The van der Waals surface area contributed by atoms with Crippen molar-refractivity contribution in [3.8, 4) is 17.4 Å². The number of nitrogens with zero attached hydrogens (tertiary/aromatic N) is 5. The summed E-state index contributed by atoms with van der Waals surface area (Å²) in [5, 5.41) is 5.93. The van der Waals surface area contributed by atoms with Gasteiger partial charge in [-0.1, -0.05) is 24.3 Å². The summed E-state index contributed by atoms with van der Waals surface area (Å²) in [7, 11) is 4.93. The van der Waals surface area contributed by atoms with Gasteiger partial charge in [-0.3, -0.25) is 19.0 Å². The van der Waals surface area contributed by atoms with Gasteiger partial charge in [0.1, 0.15) is 11.9 Å². The van der Waals surface area contributed by atoms with Gasteiger partial charge in [0.2, 0.25) is 5.95 Å². The first kappa shape index (κ1) is 32.6. The zero-order valence-electron chi connectivity index (χ0n) is 27.0. The number of ether oxygens (including phenoxy) is 2. The number of imidazole rings is 1. The largest absolute Gasteiger partial charge is 0.493 e. The Morgan fingerprint density at radius 3 is 2.35 bits per heavy atom. The molecule has 0 saturated carbocycles. The third kappa shape index (κ3) is 7.63. The van der Waals surface area contributed by atoms with Crippen LogP contribution >= 0.6 is 0 Å². The first-order chi connectivity index (χ1) is 23.8. The van der Waals surface area contributed by atoms with Gasteiger partial charge in [0.05, 0.1) is 30.9 Å². The number of hydrogen-bond donors (Lipinski definition) is 2. The molecule has 0 atom stereocenters. The smallest absolute Gasteiger partial charge is 0.291 e. The summed E-state index contributed by atoms with van der Waals surface area (Å²) in [5.41, 5.74) is 2.80. The van der Waals surface area contributed by atoms with Gasteiger partial charge in [-0.05, 0) is 49.4 Å². The topological polar surface area (TPSA) is 154 Å². The molecular weight excluding hydrogens is 626 g/mol. The van der Waals surface area contributed by atoms with Gasteiger partial charge < -0.3 is 29.4 Å². The van der Waals surface area contributed by atoms with E-state index in [9.17, 15) is 14.4 Å². The molecule has 0 aliphatic heterocycles. The molecule has 0 fully saturated rings. The van der Waals surface area contributed by atoms with E-state index >= 15 is 0 Å². The standard InChI is InChI=1S/C36H33N7O6/c1-42(21-24-19-38-36(39-20-24)43-15-13-37-22-43)14-12-23-8-10-25(11-9-23)40-34(45)27-16-31(47-2)32(48-3)17-28(27)41-35(46)33-18-29(44)26-6-4-5-7-30(26)49-33/h4-11,13,15-20,22H,12,14,21H2,1-3H3,(H,40,45)(H,41,46). The Bertz CT molecular complexity index is 2150. The van der Waals surface area contributed by atoms with Crippen LogP contribution in [0.1, 0.15) is 32.0 Å². The Hall–Kier alpha value is -6.34. The molecule has 13 nitrogen and oxygen atoms in total. The van der Waals surface area contributed by atoms with Crippen molar-refractivity contribution in [3.63, 3.8) is 0 Å². The van der Waals surface area contributed by atoms with Gasteiger partial charge in [-0.25, -0.2) is 15.0 Å². The van der Waals surface area contributed by atoms with Crippen LogP contribution in [0.15, 0.2) is 107 Å². The Labute approximate surface area is 281 Å². The van der Waals surface area contributed by atoms with Crippen molar-refractivity contribution >= 4 is 34.2 Å². The zero-order valence-corrected chi connectivity index (χ0v) is 27.0. The number of benzene rings is 3. The number of anilines is 2. The van der Waals surface area contributed by atoms with Crippen molar-refractivity contribution in [1.82, 2.24) is 24.4 Å². The number of carbonyl (C=O) groups excluding carboxylic acids is 2. The lowest BCUT2D eigenvalue weighted by molar-refractivity contribution is 0.0997. The quantitative estimate of drug-likeness (QED) is 0.184. The van der Waals surface area contributed by atoms with Crippen LogP contribution in [0.4, 0.5) is 11.4 Å². The highest BCUT2D eigenvalue weighted by atomic mass is 16.5. The number of amides is 2. The number of carbonyl (C=O) groups is 2. The fourth-order valence-electron chi connectivity index (χ4n) is 5.17. The first-order valence-electron chi connectivity index (χ1n) is 15.3. The van der Waals surface area contributed by atoms with E-state index < -0.39 is 11.8 Å². The van der Waals surface area contributed by atoms with E-state index in [1.165, 1.54) is 26.4 Å². The zero-order chi connectivity index (χ0) is 34.3. The third-order valence-electron chi connectivity index (χ3n) is 7.75. The lowest BCUT2D eigenvalue weighted by Crippen LogP contribution is -2.21. The molecule has 0 aliphatic carbocycles. The number of hydrogen-bond acceptors (Lipinski definition) is 10. The van der Waals surface area contributed by atoms with Crippen LogP contribution in [0, 0.1) is 0 Å². The van der Waals surface area contributed by atoms with Gasteiger partial charge in [0.25, 0.3) is 11.8 Å². The monoisotopic (exact) mass is 659 g/mol. The molecule has 0 saturated heterocycles. The summed E-state index contributed by atoms with van der Waals surface area (Å²) in [4.78, 5) is 54.4. The van der Waals surface area contributed by atoms with Crippen LogP contribution < -0.4 is 25.5 Å². The van der Waals surface area contributed by atoms with Gasteiger partial charge in [0, 0.05) is 61.3 Å². The van der Waals surface area contributed by atoms with Crippen LogP contribution in [0.5, 0.6) is 11.5 Å². The Morgan fingerprint density at radius 2 is 1.63 bits per heavy atom. The minimum absolute atomic E-state index is 0.113. The maximum absolute atomic E-state index is 13.6. The fraction of sp³-hybridized carbons (Fsp3) is 0.167. The van der Waals surface area contributed by atoms with Crippen molar-refractivity contribution < 1.29 is 23.5 Å². The van der Waals surface area contributed by atoms with Crippen molar-refractivity contribution in [2.75, 3.05) is 38.4 Å². The molecule has 2 amide bonds. The Morgan fingerprint density at radius 1 is 0.898 bits per heavy atom. The predicted molar refractivity (Wildman–Crippen MR) is 184 cm³/mol. The molecule has 3 aromatic heterocycles. The van der Waals surface area contributed by atoms with Crippen molar-refractivity contribution in [3.05, 3.63) is 131 Å². The molecule has 13 heteroatoms. The molecule has 0 aliphatic rings. The van der Waals surface area contributed by atoms with Gasteiger partial charge in [-0.2, -0.15) is 0 Å². The molecule has 6 rings (SSSR count). The summed E-state index contributed by atoms with van der Waals surface area (Å²) in [6, 6.07) is 18.2. The van der Waals surface area contributed by atoms with E-state index in [1.807, 2.05) is 43.7 Å². The van der Waals surface area contributed by atoms with Crippen LogP contribution in [0.2, 0.25) is 0 Å². The van der Waals surface area contributed by atoms with Crippen LogP contribution in [0.3, 0.4) is 0 Å². The molecule has 0 bridgehead atoms. The maximum Gasteiger partial charge on any atom is 0.291 e. The molecule has 0 radical (unpaired) electrons. The molecule has 6 aromatic rings. The van der Waals surface area contributed by atoms with Crippen molar-refractivity contribution in [2.45, 2.75) is 13.0 Å². The highest BCUT2D eigenvalue weighted by Gasteiger charge is 2.21. The summed E-state index contributed by atoms with van der Waals surface area (Å²) in [6.45, 7) is 1.48. The summed E-state index contributed by atoms with van der Waals surface area (Å²) >= 11 is 0. The second-order valence-corrected chi connectivity index (χ2v) is 11.2. The molecule has 248 valence electrons. The van der Waals surface area contributed by atoms with Crippen molar-refractivity contribution in [2.24, 2.45) is 0 Å². The predicted octanol–water partition coefficient (Wildman–Crippen LogP) is 4.97. The first-order valence-corrected chi connectivity index (χ1v) is 15.3. The van der Waals surface area contributed by atoms with Crippen LogP contribution in [0.25, 0.3) is 16.9 Å². The number of fused-ring (bicyclic) bond motifs is 1. The number of methoxy groups -OCH3 is 2. The molecule has 0 spiro atoms. The third-order valence-corrected chi connectivity index (χ3v) is 7.75. The number of nitrogens with one attached hydrogen (secondary N) is 2. The van der Waals surface area contributed by atoms with Gasteiger partial charge in [-0.15, -0.1) is 0 Å². The van der Waals surface area contributed by atoms with Gasteiger partial charge in [0.15, 0.2) is 22.7 Å². The number of likely N-dealkylation sites (N-methyl/N-ethyl adjacent to an activating group) is 1. The summed E-state index contributed by atoms with van der Waals surface area (Å²) in [5.74, 6) is -0.254. The molecule has 2 N–H and O–H groups in total. The Kier molecular flexibility index (Phi) is 9.72. The minimum Gasteiger partial charge on any atom is -0.493 e. The van der Waals surface area contributed by atoms with E-state index in [4.69, 9.17) is 13.9 Å². The molecule has 3 heterocycles. The Balaban J connectivity index is 1.11. The summed E-state index contributed by atoms with van der Waals surface area (Å²) < 4.78 is 18.3. The number of rotatable bonds is 12. The van der Waals surface area contributed by atoms with E-state index in [0.717, 1.165) is 30.2 Å². The highest BCUT2D eigenvalue weighted by Crippen LogP contribution is 2.34. The minimum atomic E-state index is -0.711. The average molecular weight is 660 g/mol. The fourth-order valence-corrected chi connectivity index (χ4v) is 5.17. The van der Waals surface area contributed by atoms with Crippen LogP contribution in [-0.4, -0.2) is 64.0 Å². The molecule has 3 aromatic carbocycles. The highest BCUT2D eigenvalue weighted by molar-refractivity contribution is 6.12. The SMILES string of the molecule is COc1cc(NC(=O)c2cc(=O)c3ccccc3o2)c(C(=O)Nc2ccc(CCN(C)Cc3cnc(-n4ccnc4)nc3)cc2)cc1OC. The van der Waals surface area contributed by atoms with Gasteiger partial charge >= 0.3 is 0 Å². The van der Waals surface area contributed by atoms with E-state index in [0.29, 0.717) is 35.1 Å². The lowest BCUT2D eigenvalue weighted by atomic mass is 10.1. The summed E-state index contributed by atoms with van der Waals surface area (Å²) in [6.07, 6.45) is 9.54. The molecule has 49 heavy (non-hydrogen) atoms. The van der Waals surface area contributed by atoms with Crippen molar-refractivity contribution in [1.29, 1.82) is 0 Å². The normalized spacial score (nSPS) is 11.0. The van der Waals surface area contributed by atoms with E-state index in [2.05, 4.69) is 30.5 Å². The number of para-hydroxylation sites is 1. The average Bonchev–Trinajstić information content (AvgIpc) is 3.67. The van der Waals surface area contributed by atoms with E-state index in [-0.39, 0.29) is 28.0 Å². The van der Waals surface area contributed by atoms with Crippen LogP contribution in [-0.2, 0) is 13.0 Å². The second kappa shape index (κ2) is 14.6. The number of aromatic nitrogens is 4.